The van der Waals surface area contributed by atoms with Crippen LogP contribution in [-0.4, -0.2) is 62.8 Å². The summed E-state index contributed by atoms with van der Waals surface area (Å²) in [4.78, 5) is 54.2. The van der Waals surface area contributed by atoms with E-state index in [9.17, 15) is 19.2 Å². The van der Waals surface area contributed by atoms with Gasteiger partial charge in [-0.15, -0.1) is 23.5 Å². The first kappa shape index (κ1) is 28.7. The van der Waals surface area contributed by atoms with E-state index in [1.807, 2.05) is 78.9 Å². The Hall–Kier alpha value is -3.82. The molecule has 0 spiro atoms. The highest BCUT2D eigenvalue weighted by molar-refractivity contribution is 8.01. The largest absolute Gasteiger partial charge is 0.463 e. The summed E-state index contributed by atoms with van der Waals surface area (Å²) in [5.74, 6) is -0.928. The molecule has 0 aromatic heterocycles. The molecule has 2 saturated heterocycles. The Morgan fingerprint density at radius 3 is 1.90 bits per heavy atom. The van der Waals surface area contributed by atoms with Crippen LogP contribution in [0.2, 0.25) is 0 Å². The van der Waals surface area contributed by atoms with E-state index >= 15 is 0 Å². The number of Topliss-reactive ketones (excluding diaryl/α,β-unsaturated/α-hetero) is 1. The Balaban J connectivity index is 1.39. The monoisotopic (exact) mass is 586 g/mol. The van der Waals surface area contributed by atoms with Crippen molar-refractivity contribution in [3.8, 4) is 0 Å². The van der Waals surface area contributed by atoms with Gasteiger partial charge in [-0.1, -0.05) is 72.8 Å². The van der Waals surface area contributed by atoms with Gasteiger partial charge in [0.1, 0.15) is 10.5 Å². The summed E-state index contributed by atoms with van der Waals surface area (Å²) in [6.07, 6.45) is 3.59. The molecule has 2 heterocycles. The van der Waals surface area contributed by atoms with E-state index in [0.717, 1.165) is 9.79 Å². The number of hydrogen-bond acceptors (Lipinski definition) is 7. The molecule has 0 radical (unpaired) electrons. The van der Waals surface area contributed by atoms with Crippen molar-refractivity contribution < 1.29 is 23.9 Å². The van der Waals surface area contributed by atoms with Gasteiger partial charge in [-0.2, -0.15) is 0 Å². The summed E-state index contributed by atoms with van der Waals surface area (Å²) in [6.45, 7) is 1.96. The fourth-order valence-corrected chi connectivity index (χ4v) is 7.29. The average Bonchev–Trinajstić information content (AvgIpc) is 3.01. The molecule has 4 unspecified atom stereocenters. The first-order valence-corrected chi connectivity index (χ1v) is 15.3. The molecule has 3 aromatic carbocycles. The predicted molar refractivity (Wildman–Crippen MR) is 159 cm³/mol. The molecule has 41 heavy (non-hydrogen) atoms. The lowest BCUT2D eigenvalue weighted by Gasteiger charge is -2.58. The van der Waals surface area contributed by atoms with Gasteiger partial charge in [0.05, 0.1) is 18.7 Å². The van der Waals surface area contributed by atoms with Gasteiger partial charge in [0.25, 0.3) is 11.8 Å². The van der Waals surface area contributed by atoms with Crippen LogP contribution in [-0.2, 0) is 19.1 Å². The van der Waals surface area contributed by atoms with Crippen LogP contribution in [0.3, 0.4) is 0 Å². The number of hydrogen-bond donors (Lipinski definition) is 0. The minimum Gasteiger partial charge on any atom is -0.463 e. The Kier molecular flexibility index (Phi) is 9.26. The van der Waals surface area contributed by atoms with E-state index in [0.29, 0.717) is 12.0 Å². The van der Waals surface area contributed by atoms with Crippen LogP contribution in [0.15, 0.2) is 113 Å². The molecular weight excluding hydrogens is 556 g/mol. The van der Waals surface area contributed by atoms with E-state index < -0.39 is 22.5 Å². The lowest BCUT2D eigenvalue weighted by molar-refractivity contribution is -0.200. The third kappa shape index (κ3) is 6.41. The zero-order chi connectivity index (χ0) is 28.8. The first-order valence-electron chi connectivity index (χ1n) is 13.5. The average molecular weight is 587 g/mol. The van der Waals surface area contributed by atoms with Crippen molar-refractivity contribution in [3.63, 3.8) is 0 Å². The first-order chi connectivity index (χ1) is 20.0. The summed E-state index contributed by atoms with van der Waals surface area (Å²) in [6, 6.07) is 27.3. The predicted octanol–water partition coefficient (Wildman–Crippen LogP) is 5.43. The molecule has 3 aromatic rings. The lowest BCUT2D eigenvalue weighted by atomic mass is 9.93. The number of ketones is 1. The molecule has 2 aliphatic rings. The third-order valence-electron chi connectivity index (χ3n) is 6.92. The molecule has 0 aliphatic carbocycles. The maximum Gasteiger partial charge on any atom is 0.330 e. The SMILES string of the molecule is CCOC(=O)C=CC1C(Sc2ccccc2)C(=O)N1N1C(=O)C(Sc2ccccc2)C1CCC(=O)c1ccccc1. The molecule has 9 heteroatoms. The van der Waals surface area contributed by atoms with Crippen molar-refractivity contribution in [2.45, 2.75) is 52.1 Å². The Bertz CT molecular complexity index is 1420. The van der Waals surface area contributed by atoms with Crippen molar-refractivity contribution >= 4 is 47.1 Å². The normalized spacial score (nSPS) is 21.9. The van der Waals surface area contributed by atoms with E-state index in [1.54, 1.807) is 25.1 Å². The van der Waals surface area contributed by atoms with Gasteiger partial charge in [0.15, 0.2) is 5.78 Å². The van der Waals surface area contributed by atoms with Crippen molar-refractivity contribution in [1.29, 1.82) is 0 Å². The summed E-state index contributed by atoms with van der Waals surface area (Å²) in [5.41, 5.74) is 0.617. The summed E-state index contributed by atoms with van der Waals surface area (Å²) >= 11 is 2.84. The van der Waals surface area contributed by atoms with Crippen molar-refractivity contribution in [3.05, 3.63) is 109 Å². The Morgan fingerprint density at radius 2 is 1.32 bits per heavy atom. The number of esters is 1. The standard InChI is InChI=1S/C32H30N2O5S2/c1-2-39-28(36)21-19-26-30(41-24-16-10-5-11-17-24)32(38)34(26)33-25(18-20-27(35)22-12-6-3-7-13-22)29(31(33)37)40-23-14-8-4-9-15-23/h3-17,19,21,25-26,29-30H,2,18,20H2,1H3. The Morgan fingerprint density at radius 1 is 0.780 bits per heavy atom. The highest BCUT2D eigenvalue weighted by Gasteiger charge is 2.59. The highest BCUT2D eigenvalue weighted by atomic mass is 32.2. The van der Waals surface area contributed by atoms with E-state index in [2.05, 4.69) is 0 Å². The van der Waals surface area contributed by atoms with Crippen molar-refractivity contribution in [2.75, 3.05) is 6.61 Å². The number of rotatable bonds is 12. The van der Waals surface area contributed by atoms with Crippen LogP contribution in [0, 0.1) is 0 Å². The van der Waals surface area contributed by atoms with Crippen LogP contribution in [0.1, 0.15) is 30.1 Å². The van der Waals surface area contributed by atoms with Gasteiger partial charge in [0, 0.05) is 27.9 Å². The second-order valence-corrected chi connectivity index (χ2v) is 12.0. The van der Waals surface area contributed by atoms with Crippen LogP contribution < -0.4 is 0 Å². The number of nitrogens with zero attached hydrogens (tertiary/aromatic N) is 2. The molecule has 5 rings (SSSR count). The minimum absolute atomic E-state index is 0.0143. The zero-order valence-electron chi connectivity index (χ0n) is 22.5. The number of thioether (sulfide) groups is 2. The molecule has 4 atom stereocenters. The van der Waals surface area contributed by atoms with Crippen molar-refractivity contribution in [1.82, 2.24) is 10.0 Å². The lowest BCUT2D eigenvalue weighted by Crippen LogP contribution is -2.78. The minimum atomic E-state index is -0.531. The van der Waals surface area contributed by atoms with Gasteiger partial charge in [0.2, 0.25) is 0 Å². The molecule has 0 N–H and O–H groups in total. The van der Waals surface area contributed by atoms with Gasteiger partial charge >= 0.3 is 5.97 Å². The van der Waals surface area contributed by atoms with Gasteiger partial charge in [-0.05, 0) is 37.6 Å². The second-order valence-electron chi connectivity index (χ2n) is 9.57. The quantitative estimate of drug-likeness (QED) is 0.121. The molecule has 2 aliphatic heterocycles. The van der Waals surface area contributed by atoms with E-state index in [4.69, 9.17) is 4.74 Å². The number of carbonyl (C=O) groups is 4. The van der Waals surface area contributed by atoms with Crippen LogP contribution >= 0.6 is 23.5 Å². The van der Waals surface area contributed by atoms with Crippen LogP contribution in [0.4, 0.5) is 0 Å². The molecule has 0 saturated carbocycles. The number of benzene rings is 3. The molecule has 0 bridgehead atoms. The number of hydrazine groups is 1. The van der Waals surface area contributed by atoms with Crippen LogP contribution in [0.5, 0.6) is 0 Å². The summed E-state index contributed by atoms with van der Waals surface area (Å²) < 4.78 is 5.05. The third-order valence-corrected chi connectivity index (χ3v) is 9.51. The zero-order valence-corrected chi connectivity index (χ0v) is 24.1. The fraction of sp³-hybridized carbons (Fsp3) is 0.250. The Labute approximate surface area is 247 Å². The smallest absolute Gasteiger partial charge is 0.330 e. The topological polar surface area (TPSA) is 84.0 Å². The van der Waals surface area contributed by atoms with E-state index in [1.165, 1.54) is 39.6 Å². The molecule has 2 fully saturated rings. The van der Waals surface area contributed by atoms with Gasteiger partial charge in [-0.25, -0.2) is 14.8 Å². The fourth-order valence-electron chi connectivity index (χ4n) is 4.90. The van der Waals surface area contributed by atoms with Gasteiger partial charge in [-0.3, -0.25) is 14.4 Å². The summed E-state index contributed by atoms with van der Waals surface area (Å²) in [5, 5.41) is 2.01. The van der Waals surface area contributed by atoms with E-state index in [-0.39, 0.29) is 36.7 Å². The van der Waals surface area contributed by atoms with Crippen molar-refractivity contribution in [2.24, 2.45) is 0 Å². The molecule has 7 nitrogen and oxygen atoms in total. The molecule has 210 valence electrons. The summed E-state index contributed by atoms with van der Waals surface area (Å²) in [7, 11) is 0. The molecular formula is C32H30N2O5S2. The molecule has 2 amide bonds. The number of carbonyl (C=O) groups excluding carboxylic acids is 4. The highest BCUT2D eigenvalue weighted by Crippen LogP contribution is 2.45. The second kappa shape index (κ2) is 13.2. The number of amides is 2. The number of β-lactam (4-membered cyclic amide) rings is 2. The van der Waals surface area contributed by atoms with Crippen LogP contribution in [0.25, 0.3) is 0 Å². The maximum atomic E-state index is 13.6. The number of ether oxygens (including phenoxy) is 1. The van der Waals surface area contributed by atoms with Gasteiger partial charge < -0.3 is 4.74 Å². The maximum absolute atomic E-state index is 13.6.